The SMILES string of the molecule is CC(C)(C)c1ccc(OCC(=O)NCc2ccc(-c3nc4ccccc4o3)cc2)cc1. The number of fused-ring (bicyclic) bond motifs is 1. The van der Waals surface area contributed by atoms with Crippen LogP contribution in [-0.2, 0) is 16.8 Å². The molecule has 3 aromatic carbocycles. The molecule has 0 aliphatic heterocycles. The largest absolute Gasteiger partial charge is 0.484 e. The molecule has 1 N–H and O–H groups in total. The van der Waals surface area contributed by atoms with Crippen LogP contribution >= 0.6 is 0 Å². The van der Waals surface area contributed by atoms with E-state index in [2.05, 4.69) is 31.1 Å². The van der Waals surface area contributed by atoms with Gasteiger partial charge in [0.2, 0.25) is 5.89 Å². The number of nitrogens with one attached hydrogen (secondary N) is 1. The van der Waals surface area contributed by atoms with Gasteiger partial charge in [0.05, 0.1) is 0 Å². The van der Waals surface area contributed by atoms with Crippen molar-refractivity contribution in [2.45, 2.75) is 32.7 Å². The number of carbonyl (C=O) groups excluding carboxylic acids is 1. The molecule has 1 heterocycles. The zero-order valence-corrected chi connectivity index (χ0v) is 18.0. The molecule has 0 radical (unpaired) electrons. The minimum Gasteiger partial charge on any atom is -0.484 e. The number of ether oxygens (including phenoxy) is 1. The summed E-state index contributed by atoms with van der Waals surface area (Å²) >= 11 is 0. The molecule has 0 aliphatic rings. The van der Waals surface area contributed by atoms with Gasteiger partial charge in [-0.1, -0.05) is 57.2 Å². The summed E-state index contributed by atoms with van der Waals surface area (Å²) in [4.78, 5) is 16.6. The van der Waals surface area contributed by atoms with Crippen LogP contribution in [0.4, 0.5) is 0 Å². The molecule has 0 saturated heterocycles. The van der Waals surface area contributed by atoms with Crippen molar-refractivity contribution in [3.63, 3.8) is 0 Å². The molecule has 4 aromatic rings. The molecule has 0 atom stereocenters. The van der Waals surface area contributed by atoms with Crippen molar-refractivity contribution in [1.29, 1.82) is 0 Å². The Morgan fingerprint density at radius 3 is 2.35 bits per heavy atom. The molecule has 4 rings (SSSR count). The Morgan fingerprint density at radius 2 is 1.68 bits per heavy atom. The van der Waals surface area contributed by atoms with E-state index < -0.39 is 0 Å². The summed E-state index contributed by atoms with van der Waals surface area (Å²) in [5.41, 5.74) is 4.80. The molecule has 0 spiro atoms. The van der Waals surface area contributed by atoms with Crippen molar-refractivity contribution in [3.05, 3.63) is 83.9 Å². The van der Waals surface area contributed by atoms with E-state index in [1.165, 1.54) is 5.56 Å². The second kappa shape index (κ2) is 8.64. The van der Waals surface area contributed by atoms with Crippen molar-refractivity contribution >= 4 is 17.0 Å². The molecule has 0 saturated carbocycles. The third-order valence-electron chi connectivity index (χ3n) is 5.07. The number of aromatic nitrogens is 1. The minimum absolute atomic E-state index is 0.0180. The molecule has 0 bridgehead atoms. The first kappa shape index (κ1) is 20.7. The van der Waals surface area contributed by atoms with Gasteiger partial charge in [-0.15, -0.1) is 0 Å². The molecule has 1 amide bonds. The molecular formula is C26H26N2O3. The average Bonchev–Trinajstić information content (AvgIpc) is 3.20. The average molecular weight is 415 g/mol. The van der Waals surface area contributed by atoms with Gasteiger partial charge in [-0.05, 0) is 52.9 Å². The summed E-state index contributed by atoms with van der Waals surface area (Å²) in [6.07, 6.45) is 0. The fourth-order valence-electron chi connectivity index (χ4n) is 3.21. The van der Waals surface area contributed by atoms with Gasteiger partial charge in [0, 0.05) is 12.1 Å². The topological polar surface area (TPSA) is 64.4 Å². The number of benzene rings is 3. The Labute approximate surface area is 182 Å². The molecular weight excluding hydrogens is 388 g/mol. The highest BCUT2D eigenvalue weighted by Gasteiger charge is 2.13. The first-order chi connectivity index (χ1) is 14.9. The van der Waals surface area contributed by atoms with E-state index in [0.29, 0.717) is 18.2 Å². The van der Waals surface area contributed by atoms with Crippen LogP contribution in [0.2, 0.25) is 0 Å². The normalized spacial score (nSPS) is 11.5. The third kappa shape index (κ3) is 5.12. The number of hydrogen-bond acceptors (Lipinski definition) is 4. The molecule has 5 nitrogen and oxygen atoms in total. The first-order valence-electron chi connectivity index (χ1n) is 10.3. The lowest BCUT2D eigenvalue weighted by Gasteiger charge is -2.19. The van der Waals surface area contributed by atoms with Gasteiger partial charge in [0.25, 0.3) is 5.91 Å². The third-order valence-corrected chi connectivity index (χ3v) is 5.07. The summed E-state index contributed by atoms with van der Waals surface area (Å²) < 4.78 is 11.4. The van der Waals surface area contributed by atoms with E-state index in [4.69, 9.17) is 9.15 Å². The number of para-hydroxylation sites is 2. The second-order valence-electron chi connectivity index (χ2n) is 8.52. The summed E-state index contributed by atoms with van der Waals surface area (Å²) in [6, 6.07) is 23.4. The van der Waals surface area contributed by atoms with Crippen LogP contribution in [0.15, 0.2) is 77.2 Å². The van der Waals surface area contributed by atoms with Crippen LogP contribution < -0.4 is 10.1 Å². The highest BCUT2D eigenvalue weighted by atomic mass is 16.5. The smallest absolute Gasteiger partial charge is 0.258 e. The van der Waals surface area contributed by atoms with Gasteiger partial charge in [0.15, 0.2) is 12.2 Å². The minimum atomic E-state index is -0.164. The molecule has 0 unspecified atom stereocenters. The van der Waals surface area contributed by atoms with Crippen LogP contribution in [0.1, 0.15) is 31.9 Å². The van der Waals surface area contributed by atoms with Gasteiger partial charge in [0.1, 0.15) is 11.3 Å². The van der Waals surface area contributed by atoms with Crippen LogP contribution in [0.3, 0.4) is 0 Å². The van der Waals surface area contributed by atoms with Crippen molar-refractivity contribution in [2.24, 2.45) is 0 Å². The van der Waals surface area contributed by atoms with Gasteiger partial charge in [-0.3, -0.25) is 4.79 Å². The Bertz CT molecular complexity index is 1140. The zero-order chi connectivity index (χ0) is 21.8. The fourth-order valence-corrected chi connectivity index (χ4v) is 3.21. The van der Waals surface area contributed by atoms with Crippen molar-refractivity contribution in [3.8, 4) is 17.2 Å². The molecule has 5 heteroatoms. The number of amides is 1. The van der Waals surface area contributed by atoms with Crippen LogP contribution in [0.25, 0.3) is 22.6 Å². The van der Waals surface area contributed by atoms with Crippen molar-refractivity contribution in [1.82, 2.24) is 10.3 Å². The van der Waals surface area contributed by atoms with Crippen LogP contribution in [0.5, 0.6) is 5.75 Å². The van der Waals surface area contributed by atoms with Gasteiger partial charge < -0.3 is 14.5 Å². The number of carbonyl (C=O) groups is 1. The van der Waals surface area contributed by atoms with E-state index in [0.717, 1.165) is 22.2 Å². The van der Waals surface area contributed by atoms with Crippen molar-refractivity contribution < 1.29 is 13.9 Å². The van der Waals surface area contributed by atoms with Gasteiger partial charge in [-0.2, -0.15) is 0 Å². The Balaban J connectivity index is 1.28. The van der Waals surface area contributed by atoms with Crippen molar-refractivity contribution in [2.75, 3.05) is 6.61 Å². The number of oxazole rings is 1. The summed E-state index contributed by atoms with van der Waals surface area (Å²) in [6.45, 7) is 6.90. The lowest BCUT2D eigenvalue weighted by molar-refractivity contribution is -0.123. The van der Waals surface area contributed by atoms with Crippen LogP contribution in [0, 0.1) is 0 Å². The van der Waals surface area contributed by atoms with E-state index in [1.54, 1.807) is 0 Å². The van der Waals surface area contributed by atoms with Crippen LogP contribution in [-0.4, -0.2) is 17.5 Å². The number of hydrogen-bond donors (Lipinski definition) is 1. The molecule has 1 aromatic heterocycles. The summed E-state index contributed by atoms with van der Waals surface area (Å²) in [5, 5.41) is 2.88. The maximum Gasteiger partial charge on any atom is 0.258 e. The Hall–Kier alpha value is -3.60. The van der Waals surface area contributed by atoms with E-state index in [9.17, 15) is 4.79 Å². The Morgan fingerprint density at radius 1 is 0.968 bits per heavy atom. The number of nitrogens with zero attached hydrogens (tertiary/aromatic N) is 1. The fraction of sp³-hybridized carbons (Fsp3) is 0.231. The standard InChI is InChI=1S/C26H26N2O3/c1-26(2,3)20-12-14-21(15-13-20)30-17-24(29)27-16-18-8-10-19(11-9-18)25-28-22-6-4-5-7-23(22)31-25/h4-15H,16-17H2,1-3H3,(H,27,29). The van der Waals surface area contributed by atoms with Gasteiger partial charge in [-0.25, -0.2) is 4.98 Å². The summed E-state index contributed by atoms with van der Waals surface area (Å²) in [5.74, 6) is 1.11. The molecule has 0 fully saturated rings. The number of rotatable bonds is 6. The van der Waals surface area contributed by atoms with E-state index >= 15 is 0 Å². The van der Waals surface area contributed by atoms with E-state index in [1.807, 2.05) is 72.8 Å². The molecule has 158 valence electrons. The maximum absolute atomic E-state index is 12.1. The van der Waals surface area contributed by atoms with E-state index in [-0.39, 0.29) is 17.9 Å². The predicted molar refractivity (Wildman–Crippen MR) is 122 cm³/mol. The monoisotopic (exact) mass is 414 g/mol. The highest BCUT2D eigenvalue weighted by molar-refractivity contribution is 5.77. The highest BCUT2D eigenvalue weighted by Crippen LogP contribution is 2.25. The second-order valence-corrected chi connectivity index (χ2v) is 8.52. The molecule has 31 heavy (non-hydrogen) atoms. The zero-order valence-electron chi connectivity index (χ0n) is 18.0. The maximum atomic E-state index is 12.1. The first-order valence-corrected chi connectivity index (χ1v) is 10.3. The lowest BCUT2D eigenvalue weighted by atomic mass is 9.87. The predicted octanol–water partition coefficient (Wildman–Crippen LogP) is 5.49. The van der Waals surface area contributed by atoms with Gasteiger partial charge >= 0.3 is 0 Å². The Kier molecular flexibility index (Phi) is 5.76. The summed E-state index contributed by atoms with van der Waals surface area (Å²) in [7, 11) is 0. The molecule has 0 aliphatic carbocycles. The quantitative estimate of drug-likeness (QED) is 0.453. The lowest BCUT2D eigenvalue weighted by Crippen LogP contribution is -2.28.